The highest BCUT2D eigenvalue weighted by molar-refractivity contribution is 7.99. The molecule has 4 rings (SSSR count). The number of aromatic nitrogens is 2. The monoisotopic (exact) mass is 414 g/mol. The molecule has 1 amide bonds. The van der Waals surface area contributed by atoms with E-state index >= 15 is 0 Å². The quantitative estimate of drug-likeness (QED) is 0.739. The van der Waals surface area contributed by atoms with E-state index in [1.807, 2.05) is 33.5 Å². The van der Waals surface area contributed by atoms with Gasteiger partial charge in [0, 0.05) is 48.4 Å². The first kappa shape index (κ1) is 20.2. The van der Waals surface area contributed by atoms with Crippen molar-refractivity contribution in [3.05, 3.63) is 65.3 Å². The number of amides is 1. The van der Waals surface area contributed by atoms with Crippen molar-refractivity contribution in [3.63, 3.8) is 0 Å². The summed E-state index contributed by atoms with van der Waals surface area (Å²) in [5.41, 5.74) is 3.76. The lowest BCUT2D eigenvalue weighted by atomic mass is 9.91. The van der Waals surface area contributed by atoms with Crippen LogP contribution >= 0.6 is 11.8 Å². The van der Waals surface area contributed by atoms with Crippen LogP contribution in [0, 0.1) is 5.82 Å². The maximum atomic E-state index is 13.4. The SMILES string of the molecule is C=CCn1nc(C(=O)N2CCSCC2)c2c1CC[C@H](NCc1cccc(F)c1)C2. The number of carbonyl (C=O) groups is 1. The van der Waals surface area contributed by atoms with E-state index in [0.717, 1.165) is 60.7 Å². The number of rotatable bonds is 6. The third-order valence-corrected chi connectivity index (χ3v) is 6.58. The molecule has 1 aromatic heterocycles. The maximum absolute atomic E-state index is 13.4. The third-order valence-electron chi connectivity index (χ3n) is 5.63. The van der Waals surface area contributed by atoms with Crippen molar-refractivity contribution >= 4 is 17.7 Å². The lowest BCUT2D eigenvalue weighted by Gasteiger charge is -2.27. The molecule has 1 saturated heterocycles. The molecule has 1 atom stereocenters. The molecular weight excluding hydrogens is 387 g/mol. The fourth-order valence-electron chi connectivity index (χ4n) is 4.13. The van der Waals surface area contributed by atoms with Crippen LogP contribution in [0.5, 0.6) is 0 Å². The molecule has 2 heterocycles. The Kier molecular flexibility index (Phi) is 6.35. The molecule has 1 aromatic carbocycles. The van der Waals surface area contributed by atoms with E-state index in [2.05, 4.69) is 11.9 Å². The first-order chi connectivity index (χ1) is 14.2. The number of nitrogens with one attached hydrogen (secondary N) is 1. The number of allylic oxidation sites excluding steroid dienone is 1. The molecular formula is C22H27FN4OS. The molecule has 0 bridgehead atoms. The van der Waals surface area contributed by atoms with Gasteiger partial charge < -0.3 is 10.2 Å². The smallest absolute Gasteiger partial charge is 0.274 e. The van der Waals surface area contributed by atoms with Gasteiger partial charge in [0.15, 0.2) is 5.69 Å². The Labute approximate surface area is 175 Å². The molecule has 154 valence electrons. The van der Waals surface area contributed by atoms with Gasteiger partial charge in [-0.25, -0.2) is 4.39 Å². The molecule has 0 saturated carbocycles. The van der Waals surface area contributed by atoms with E-state index in [4.69, 9.17) is 5.10 Å². The summed E-state index contributed by atoms with van der Waals surface area (Å²) in [5.74, 6) is 1.81. The molecule has 5 nitrogen and oxygen atoms in total. The van der Waals surface area contributed by atoms with Gasteiger partial charge in [-0.3, -0.25) is 9.48 Å². The number of carbonyl (C=O) groups excluding carboxylic acids is 1. The van der Waals surface area contributed by atoms with Crippen LogP contribution in [-0.4, -0.2) is 51.2 Å². The van der Waals surface area contributed by atoms with Gasteiger partial charge in [0.1, 0.15) is 5.82 Å². The van der Waals surface area contributed by atoms with E-state index < -0.39 is 0 Å². The van der Waals surface area contributed by atoms with Gasteiger partial charge in [-0.15, -0.1) is 6.58 Å². The zero-order valence-electron chi connectivity index (χ0n) is 16.6. The van der Waals surface area contributed by atoms with Crippen molar-refractivity contribution in [2.75, 3.05) is 24.6 Å². The second-order valence-electron chi connectivity index (χ2n) is 7.60. The number of fused-ring (bicyclic) bond motifs is 1. The van der Waals surface area contributed by atoms with Crippen molar-refractivity contribution < 1.29 is 9.18 Å². The van der Waals surface area contributed by atoms with Crippen LogP contribution in [0.4, 0.5) is 4.39 Å². The highest BCUT2D eigenvalue weighted by Crippen LogP contribution is 2.27. The fourth-order valence-corrected chi connectivity index (χ4v) is 5.04. The summed E-state index contributed by atoms with van der Waals surface area (Å²) in [4.78, 5) is 15.1. The molecule has 1 N–H and O–H groups in total. The number of thioether (sulfide) groups is 1. The van der Waals surface area contributed by atoms with Gasteiger partial charge in [0.2, 0.25) is 0 Å². The molecule has 29 heavy (non-hydrogen) atoms. The van der Waals surface area contributed by atoms with Crippen LogP contribution in [0.3, 0.4) is 0 Å². The topological polar surface area (TPSA) is 50.2 Å². The van der Waals surface area contributed by atoms with Crippen LogP contribution in [0.25, 0.3) is 0 Å². The Morgan fingerprint density at radius 1 is 1.38 bits per heavy atom. The highest BCUT2D eigenvalue weighted by atomic mass is 32.2. The van der Waals surface area contributed by atoms with Crippen LogP contribution in [0.2, 0.25) is 0 Å². The van der Waals surface area contributed by atoms with E-state index in [1.165, 1.54) is 6.07 Å². The van der Waals surface area contributed by atoms with E-state index in [9.17, 15) is 9.18 Å². The maximum Gasteiger partial charge on any atom is 0.274 e. The third kappa shape index (κ3) is 4.56. The average Bonchev–Trinajstić information content (AvgIpc) is 3.10. The summed E-state index contributed by atoms with van der Waals surface area (Å²) in [7, 11) is 0. The Bertz CT molecular complexity index is 891. The Morgan fingerprint density at radius 2 is 2.21 bits per heavy atom. The molecule has 2 aromatic rings. The predicted octanol–water partition coefficient (Wildman–Crippen LogP) is 3.04. The van der Waals surface area contributed by atoms with Gasteiger partial charge in [-0.1, -0.05) is 18.2 Å². The highest BCUT2D eigenvalue weighted by Gasteiger charge is 2.31. The Hall–Kier alpha value is -2.12. The first-order valence-electron chi connectivity index (χ1n) is 10.2. The minimum absolute atomic E-state index is 0.0511. The van der Waals surface area contributed by atoms with Crippen molar-refractivity contribution in [2.24, 2.45) is 0 Å². The Morgan fingerprint density at radius 3 is 2.97 bits per heavy atom. The lowest BCUT2D eigenvalue weighted by molar-refractivity contribution is 0.0764. The normalized spacial score (nSPS) is 19.1. The standard InChI is InChI=1S/C22H27FN4OS/c1-2-8-27-20-7-6-18(24-15-16-4-3-5-17(23)13-16)14-19(20)21(25-27)22(28)26-9-11-29-12-10-26/h2-5,13,18,24H,1,6-12,14-15H2/t18-/m0/s1. The van der Waals surface area contributed by atoms with Gasteiger partial charge in [-0.05, 0) is 37.0 Å². The van der Waals surface area contributed by atoms with Gasteiger partial charge >= 0.3 is 0 Å². The fraction of sp³-hybridized carbons (Fsp3) is 0.455. The number of hydrogen-bond donors (Lipinski definition) is 1. The van der Waals surface area contributed by atoms with Crippen molar-refractivity contribution in [1.29, 1.82) is 0 Å². The van der Waals surface area contributed by atoms with Crippen molar-refractivity contribution in [1.82, 2.24) is 20.0 Å². The zero-order valence-corrected chi connectivity index (χ0v) is 17.4. The summed E-state index contributed by atoms with van der Waals surface area (Å²) in [6.45, 7) is 6.64. The molecule has 2 aliphatic rings. The number of halogens is 1. The summed E-state index contributed by atoms with van der Waals surface area (Å²) >= 11 is 1.89. The van der Waals surface area contributed by atoms with Crippen molar-refractivity contribution in [2.45, 2.75) is 38.4 Å². The molecule has 1 aliphatic heterocycles. The summed E-state index contributed by atoms with van der Waals surface area (Å²) < 4.78 is 15.4. The molecule has 0 spiro atoms. The van der Waals surface area contributed by atoms with Gasteiger partial charge in [0.05, 0.1) is 6.54 Å². The molecule has 0 unspecified atom stereocenters. The molecule has 0 radical (unpaired) electrons. The number of hydrogen-bond acceptors (Lipinski definition) is 4. The van der Waals surface area contributed by atoms with Crippen LogP contribution in [0.15, 0.2) is 36.9 Å². The second-order valence-corrected chi connectivity index (χ2v) is 8.82. The zero-order chi connectivity index (χ0) is 20.2. The average molecular weight is 415 g/mol. The van der Waals surface area contributed by atoms with Gasteiger partial charge in [-0.2, -0.15) is 16.9 Å². The second kappa shape index (κ2) is 9.13. The minimum Gasteiger partial charge on any atom is -0.336 e. The first-order valence-corrected chi connectivity index (χ1v) is 11.4. The van der Waals surface area contributed by atoms with Crippen LogP contribution in [0.1, 0.15) is 33.7 Å². The molecule has 1 aliphatic carbocycles. The number of benzene rings is 1. The minimum atomic E-state index is -0.214. The van der Waals surface area contributed by atoms with Crippen LogP contribution in [-0.2, 0) is 25.9 Å². The summed E-state index contributed by atoms with van der Waals surface area (Å²) in [5, 5.41) is 8.23. The lowest BCUT2D eigenvalue weighted by Crippen LogP contribution is -2.39. The Balaban J connectivity index is 1.52. The van der Waals surface area contributed by atoms with Gasteiger partial charge in [0.25, 0.3) is 5.91 Å². The van der Waals surface area contributed by atoms with E-state index in [0.29, 0.717) is 18.8 Å². The molecule has 7 heteroatoms. The summed E-state index contributed by atoms with van der Waals surface area (Å²) in [6.07, 6.45) is 4.44. The van der Waals surface area contributed by atoms with E-state index in [-0.39, 0.29) is 17.8 Å². The largest absolute Gasteiger partial charge is 0.336 e. The predicted molar refractivity (Wildman–Crippen MR) is 115 cm³/mol. The van der Waals surface area contributed by atoms with Crippen LogP contribution < -0.4 is 5.32 Å². The van der Waals surface area contributed by atoms with Crippen molar-refractivity contribution in [3.8, 4) is 0 Å². The summed E-state index contributed by atoms with van der Waals surface area (Å²) in [6, 6.07) is 6.93. The van der Waals surface area contributed by atoms with E-state index in [1.54, 1.807) is 12.1 Å². The molecule has 1 fully saturated rings. The number of nitrogens with zero attached hydrogens (tertiary/aromatic N) is 3.